The van der Waals surface area contributed by atoms with Crippen molar-refractivity contribution in [3.63, 3.8) is 0 Å². The molecule has 0 radical (unpaired) electrons. The molecule has 1 rings (SSSR count). The van der Waals surface area contributed by atoms with Crippen molar-refractivity contribution in [2.24, 2.45) is 0 Å². The first-order valence-corrected chi connectivity index (χ1v) is 6.90. The van der Waals surface area contributed by atoms with Gasteiger partial charge in [0.2, 0.25) is 5.95 Å². The fourth-order valence-electron chi connectivity index (χ4n) is 1.68. The summed E-state index contributed by atoms with van der Waals surface area (Å²) in [6.45, 7) is 3.48. The molecule has 1 aromatic rings. The quantitative estimate of drug-likeness (QED) is 0.686. The monoisotopic (exact) mass is 306 g/mol. The topological polar surface area (TPSA) is 59.1 Å². The van der Waals surface area contributed by atoms with Gasteiger partial charge >= 0.3 is 6.18 Å². The van der Waals surface area contributed by atoms with Crippen LogP contribution < -0.4 is 10.6 Å². The maximum absolute atomic E-state index is 12.8. The summed E-state index contributed by atoms with van der Waals surface area (Å²) in [6.07, 6.45) is -1.77. The van der Waals surface area contributed by atoms with E-state index < -0.39 is 11.9 Å². The van der Waals surface area contributed by atoms with Crippen LogP contribution in [0.5, 0.6) is 0 Å². The molecule has 8 heteroatoms. The third-order valence-electron chi connectivity index (χ3n) is 2.68. The smallest absolute Gasteiger partial charge is 0.385 e. The summed E-state index contributed by atoms with van der Waals surface area (Å²) in [5.41, 5.74) is -0.949. The Labute approximate surface area is 122 Å². The molecule has 0 bridgehead atoms. The van der Waals surface area contributed by atoms with Crippen LogP contribution in [0, 0.1) is 0 Å². The molecule has 0 fully saturated rings. The van der Waals surface area contributed by atoms with Gasteiger partial charge in [-0.3, -0.25) is 0 Å². The molecule has 0 unspecified atom stereocenters. The van der Waals surface area contributed by atoms with Crippen LogP contribution in [0.25, 0.3) is 0 Å². The van der Waals surface area contributed by atoms with Gasteiger partial charge in [-0.2, -0.15) is 18.2 Å². The SMILES string of the molecule is CCNc1nc(NCCCCCOC)cc(C(F)(F)F)n1. The Kier molecular flexibility index (Phi) is 7.21. The number of hydrogen-bond acceptors (Lipinski definition) is 5. The molecule has 0 aliphatic carbocycles. The Morgan fingerprint density at radius 3 is 2.52 bits per heavy atom. The first-order valence-electron chi connectivity index (χ1n) is 6.90. The van der Waals surface area contributed by atoms with E-state index in [-0.39, 0.29) is 11.8 Å². The van der Waals surface area contributed by atoms with Crippen LogP contribution in [0.3, 0.4) is 0 Å². The van der Waals surface area contributed by atoms with E-state index in [0.29, 0.717) is 19.7 Å². The van der Waals surface area contributed by atoms with Crippen molar-refractivity contribution in [2.45, 2.75) is 32.4 Å². The molecule has 2 N–H and O–H groups in total. The fraction of sp³-hybridized carbons (Fsp3) is 0.692. The van der Waals surface area contributed by atoms with E-state index in [0.717, 1.165) is 25.3 Å². The van der Waals surface area contributed by atoms with Gasteiger partial charge in [0.05, 0.1) is 0 Å². The number of nitrogens with zero attached hydrogens (tertiary/aromatic N) is 2. The highest BCUT2D eigenvalue weighted by Gasteiger charge is 2.33. The Bertz CT molecular complexity index is 426. The third-order valence-corrected chi connectivity index (χ3v) is 2.68. The summed E-state index contributed by atoms with van der Waals surface area (Å²) >= 11 is 0. The van der Waals surface area contributed by atoms with Crippen LogP contribution in [-0.4, -0.2) is 36.8 Å². The van der Waals surface area contributed by atoms with E-state index in [1.807, 2.05) is 0 Å². The summed E-state index contributed by atoms with van der Waals surface area (Å²) in [4.78, 5) is 7.47. The van der Waals surface area contributed by atoms with Crippen LogP contribution in [0.1, 0.15) is 31.9 Å². The lowest BCUT2D eigenvalue weighted by molar-refractivity contribution is -0.141. The van der Waals surface area contributed by atoms with E-state index in [9.17, 15) is 13.2 Å². The summed E-state index contributed by atoms with van der Waals surface area (Å²) in [7, 11) is 1.64. The molecule has 0 aliphatic heterocycles. The van der Waals surface area contributed by atoms with Gasteiger partial charge in [-0.15, -0.1) is 0 Å². The number of rotatable bonds is 9. The molecule has 0 aliphatic rings. The second-order valence-electron chi connectivity index (χ2n) is 4.47. The van der Waals surface area contributed by atoms with Gasteiger partial charge < -0.3 is 15.4 Å². The standard InChI is InChI=1S/C13H21F3N4O/c1-3-17-12-19-10(13(14,15)16)9-11(20-12)18-7-5-4-6-8-21-2/h9H,3-8H2,1-2H3,(H2,17,18,19,20). The van der Waals surface area contributed by atoms with Crippen LogP contribution >= 0.6 is 0 Å². The Morgan fingerprint density at radius 1 is 1.14 bits per heavy atom. The minimum absolute atomic E-state index is 0.0193. The number of unbranched alkanes of at least 4 members (excludes halogenated alkanes) is 2. The molecule has 1 aromatic heterocycles. The van der Waals surface area contributed by atoms with Gasteiger partial charge in [0, 0.05) is 32.9 Å². The van der Waals surface area contributed by atoms with Gasteiger partial charge in [-0.1, -0.05) is 0 Å². The number of halogens is 3. The van der Waals surface area contributed by atoms with Gasteiger partial charge in [0.15, 0.2) is 5.69 Å². The molecule has 21 heavy (non-hydrogen) atoms. The van der Waals surface area contributed by atoms with Gasteiger partial charge in [0.1, 0.15) is 5.82 Å². The van der Waals surface area contributed by atoms with E-state index in [1.165, 1.54) is 0 Å². The van der Waals surface area contributed by atoms with E-state index >= 15 is 0 Å². The van der Waals surface area contributed by atoms with E-state index in [1.54, 1.807) is 14.0 Å². The average Bonchev–Trinajstić information content (AvgIpc) is 2.42. The predicted octanol–water partition coefficient (Wildman–Crippen LogP) is 3.16. The maximum atomic E-state index is 12.8. The summed E-state index contributed by atoms with van der Waals surface area (Å²) in [5.74, 6) is 0.161. The van der Waals surface area contributed by atoms with Gasteiger partial charge in [-0.05, 0) is 26.2 Å². The van der Waals surface area contributed by atoms with Crippen LogP contribution in [-0.2, 0) is 10.9 Å². The summed E-state index contributed by atoms with van der Waals surface area (Å²) in [6, 6.07) is 0.927. The predicted molar refractivity (Wildman–Crippen MR) is 75.4 cm³/mol. The van der Waals surface area contributed by atoms with Crippen molar-refractivity contribution in [2.75, 3.05) is 37.4 Å². The molecule has 120 valence electrons. The molecular formula is C13H21F3N4O. The zero-order valence-corrected chi connectivity index (χ0v) is 12.3. The number of anilines is 2. The molecule has 0 atom stereocenters. The number of methoxy groups -OCH3 is 1. The van der Waals surface area contributed by atoms with Crippen LogP contribution in [0.2, 0.25) is 0 Å². The number of hydrogen-bond donors (Lipinski definition) is 2. The third kappa shape index (κ3) is 6.61. The second kappa shape index (κ2) is 8.66. The second-order valence-corrected chi connectivity index (χ2v) is 4.47. The van der Waals surface area contributed by atoms with Crippen molar-refractivity contribution >= 4 is 11.8 Å². The minimum atomic E-state index is -4.48. The first-order chi connectivity index (χ1) is 9.97. The van der Waals surface area contributed by atoms with E-state index in [4.69, 9.17) is 4.74 Å². The Balaban J connectivity index is 2.61. The van der Waals surface area contributed by atoms with Crippen molar-refractivity contribution < 1.29 is 17.9 Å². The molecule has 0 aromatic carbocycles. The zero-order valence-electron chi connectivity index (χ0n) is 12.3. The van der Waals surface area contributed by atoms with Crippen molar-refractivity contribution in [3.8, 4) is 0 Å². The summed E-state index contributed by atoms with van der Waals surface area (Å²) < 4.78 is 43.2. The number of nitrogens with one attached hydrogen (secondary N) is 2. The Hall–Kier alpha value is -1.57. The van der Waals surface area contributed by atoms with Crippen LogP contribution in [0.15, 0.2) is 6.07 Å². The molecule has 0 saturated carbocycles. The fourth-order valence-corrected chi connectivity index (χ4v) is 1.68. The van der Waals surface area contributed by atoms with Gasteiger partial charge in [0.25, 0.3) is 0 Å². The molecule has 1 heterocycles. The van der Waals surface area contributed by atoms with Crippen LogP contribution in [0.4, 0.5) is 24.9 Å². The molecule has 0 saturated heterocycles. The minimum Gasteiger partial charge on any atom is -0.385 e. The lowest BCUT2D eigenvalue weighted by Gasteiger charge is -2.12. The average molecular weight is 306 g/mol. The normalized spacial score (nSPS) is 11.5. The summed E-state index contributed by atoms with van der Waals surface area (Å²) in [5, 5.41) is 5.60. The highest BCUT2D eigenvalue weighted by atomic mass is 19.4. The Morgan fingerprint density at radius 2 is 1.90 bits per heavy atom. The molecular weight excluding hydrogens is 285 g/mol. The highest BCUT2D eigenvalue weighted by molar-refractivity contribution is 5.43. The largest absolute Gasteiger partial charge is 0.433 e. The molecule has 5 nitrogen and oxygen atoms in total. The number of alkyl halides is 3. The lowest BCUT2D eigenvalue weighted by Crippen LogP contribution is -2.14. The highest BCUT2D eigenvalue weighted by Crippen LogP contribution is 2.29. The molecule has 0 spiro atoms. The number of aromatic nitrogens is 2. The van der Waals surface area contributed by atoms with Crippen molar-refractivity contribution in [3.05, 3.63) is 11.8 Å². The van der Waals surface area contributed by atoms with Gasteiger partial charge in [-0.25, -0.2) is 4.98 Å². The number of ether oxygens (including phenoxy) is 1. The zero-order chi connectivity index (χ0) is 15.7. The molecule has 0 amide bonds. The van der Waals surface area contributed by atoms with E-state index in [2.05, 4.69) is 20.6 Å². The lowest BCUT2D eigenvalue weighted by atomic mass is 10.2. The van der Waals surface area contributed by atoms with Crippen molar-refractivity contribution in [1.29, 1.82) is 0 Å². The maximum Gasteiger partial charge on any atom is 0.433 e. The first kappa shape index (κ1) is 17.5. The van der Waals surface area contributed by atoms with Crippen molar-refractivity contribution in [1.82, 2.24) is 9.97 Å².